The number of rotatable bonds is 5. The van der Waals surface area contributed by atoms with Gasteiger partial charge in [-0.3, -0.25) is 9.69 Å². The molecule has 1 atom stereocenters. The molecule has 1 saturated heterocycles. The van der Waals surface area contributed by atoms with E-state index in [4.69, 9.17) is 5.11 Å². The number of piperidine rings is 1. The van der Waals surface area contributed by atoms with Crippen molar-refractivity contribution in [2.45, 2.75) is 31.7 Å². The second kappa shape index (κ2) is 6.28. The number of carbonyl (C=O) groups is 1. The summed E-state index contributed by atoms with van der Waals surface area (Å²) in [6.07, 6.45) is 4.28. The van der Waals surface area contributed by atoms with E-state index in [9.17, 15) is 4.79 Å². The van der Waals surface area contributed by atoms with Gasteiger partial charge in [0, 0.05) is 12.6 Å². The van der Waals surface area contributed by atoms with E-state index in [-0.39, 0.29) is 12.4 Å². The molecule has 0 aliphatic carbocycles. The van der Waals surface area contributed by atoms with Crippen molar-refractivity contribution in [3.8, 4) is 0 Å². The maximum absolute atomic E-state index is 12.0. The summed E-state index contributed by atoms with van der Waals surface area (Å²) in [5, 5.41) is 11.0. The van der Waals surface area contributed by atoms with Gasteiger partial charge in [0.05, 0.1) is 11.4 Å². The molecule has 3 nitrogen and oxygen atoms in total. The van der Waals surface area contributed by atoms with Crippen LogP contribution >= 0.6 is 11.3 Å². The SMILES string of the molecule is O=C(CN1CCCCC1CCO)c1cccs1. The largest absolute Gasteiger partial charge is 0.396 e. The molecule has 0 radical (unpaired) electrons. The Bertz CT molecular complexity index is 348. The van der Waals surface area contributed by atoms with E-state index in [0.717, 1.165) is 24.3 Å². The van der Waals surface area contributed by atoms with E-state index in [0.29, 0.717) is 12.6 Å². The van der Waals surface area contributed by atoms with Crippen molar-refractivity contribution in [2.24, 2.45) is 0 Å². The first-order chi connectivity index (χ1) is 8.31. The third-order valence-corrected chi connectivity index (χ3v) is 4.26. The van der Waals surface area contributed by atoms with E-state index in [2.05, 4.69) is 4.90 Å². The Kier molecular flexibility index (Phi) is 4.71. The molecular formula is C13H19NO2S. The molecule has 1 aromatic heterocycles. The first kappa shape index (κ1) is 12.7. The van der Waals surface area contributed by atoms with Gasteiger partial charge in [0.1, 0.15) is 0 Å². The van der Waals surface area contributed by atoms with Crippen molar-refractivity contribution >= 4 is 17.1 Å². The Morgan fingerprint density at radius 1 is 1.53 bits per heavy atom. The molecule has 1 aliphatic rings. The highest BCUT2D eigenvalue weighted by Gasteiger charge is 2.24. The molecule has 1 N–H and O–H groups in total. The van der Waals surface area contributed by atoms with Gasteiger partial charge in [0.2, 0.25) is 0 Å². The smallest absolute Gasteiger partial charge is 0.186 e. The van der Waals surface area contributed by atoms with Crippen molar-refractivity contribution in [3.63, 3.8) is 0 Å². The molecule has 0 saturated carbocycles. The van der Waals surface area contributed by atoms with Crippen molar-refractivity contribution in [1.82, 2.24) is 4.90 Å². The summed E-state index contributed by atoms with van der Waals surface area (Å²) in [7, 11) is 0. The number of carbonyl (C=O) groups excluding carboxylic acids is 1. The molecule has 4 heteroatoms. The quantitative estimate of drug-likeness (QED) is 0.818. The molecule has 1 aromatic rings. The molecule has 0 aromatic carbocycles. The number of aliphatic hydroxyl groups excluding tert-OH is 1. The van der Waals surface area contributed by atoms with Crippen molar-refractivity contribution in [3.05, 3.63) is 22.4 Å². The Hall–Kier alpha value is -0.710. The molecule has 2 rings (SSSR count). The lowest BCUT2D eigenvalue weighted by Crippen LogP contribution is -2.42. The van der Waals surface area contributed by atoms with E-state index in [1.165, 1.54) is 24.2 Å². The summed E-state index contributed by atoms with van der Waals surface area (Å²) >= 11 is 1.51. The van der Waals surface area contributed by atoms with Crippen molar-refractivity contribution < 1.29 is 9.90 Å². The average Bonchev–Trinajstić information content (AvgIpc) is 2.85. The van der Waals surface area contributed by atoms with Gasteiger partial charge in [-0.15, -0.1) is 11.3 Å². The monoisotopic (exact) mass is 253 g/mol. The van der Waals surface area contributed by atoms with Gasteiger partial charge in [-0.2, -0.15) is 0 Å². The van der Waals surface area contributed by atoms with Crippen LogP contribution in [0.5, 0.6) is 0 Å². The van der Waals surface area contributed by atoms with Crippen LogP contribution in [0.1, 0.15) is 35.4 Å². The van der Waals surface area contributed by atoms with E-state index in [1.807, 2.05) is 17.5 Å². The fraction of sp³-hybridized carbons (Fsp3) is 0.615. The summed E-state index contributed by atoms with van der Waals surface area (Å²) in [5.41, 5.74) is 0. The maximum Gasteiger partial charge on any atom is 0.186 e. The standard InChI is InChI=1S/C13H19NO2S/c15-8-6-11-4-1-2-7-14(11)10-12(16)13-5-3-9-17-13/h3,5,9,11,15H,1-2,4,6-8,10H2. The number of likely N-dealkylation sites (tertiary alicyclic amines) is 1. The number of aliphatic hydroxyl groups is 1. The van der Waals surface area contributed by atoms with Gasteiger partial charge < -0.3 is 5.11 Å². The Morgan fingerprint density at radius 3 is 3.12 bits per heavy atom. The highest BCUT2D eigenvalue weighted by molar-refractivity contribution is 7.12. The lowest BCUT2D eigenvalue weighted by molar-refractivity contribution is 0.0802. The summed E-state index contributed by atoms with van der Waals surface area (Å²) in [6, 6.07) is 4.19. The van der Waals surface area contributed by atoms with E-state index < -0.39 is 0 Å². The minimum absolute atomic E-state index is 0.213. The zero-order valence-electron chi connectivity index (χ0n) is 9.97. The Labute approximate surface area is 106 Å². The van der Waals surface area contributed by atoms with Crippen LogP contribution in [0.25, 0.3) is 0 Å². The molecule has 1 fully saturated rings. The fourth-order valence-corrected chi connectivity index (χ4v) is 3.10. The predicted octanol–water partition coefficient (Wildman–Crippen LogP) is 2.17. The van der Waals surface area contributed by atoms with Crippen LogP contribution < -0.4 is 0 Å². The number of thiophene rings is 1. The zero-order chi connectivity index (χ0) is 12.1. The van der Waals surface area contributed by atoms with Crippen LogP contribution in [0.2, 0.25) is 0 Å². The van der Waals surface area contributed by atoms with Gasteiger partial charge in [-0.1, -0.05) is 12.5 Å². The average molecular weight is 253 g/mol. The van der Waals surface area contributed by atoms with E-state index >= 15 is 0 Å². The third kappa shape index (κ3) is 3.37. The van der Waals surface area contributed by atoms with Gasteiger partial charge >= 0.3 is 0 Å². The Morgan fingerprint density at radius 2 is 2.41 bits per heavy atom. The summed E-state index contributed by atoms with van der Waals surface area (Å²) in [6.45, 7) is 1.71. The molecule has 0 spiro atoms. The molecule has 0 bridgehead atoms. The van der Waals surface area contributed by atoms with Crippen LogP contribution in [0, 0.1) is 0 Å². The van der Waals surface area contributed by atoms with Crippen LogP contribution in [0.3, 0.4) is 0 Å². The van der Waals surface area contributed by atoms with Gasteiger partial charge in [-0.05, 0) is 37.3 Å². The molecule has 94 valence electrons. The number of Topliss-reactive ketones (excluding diaryl/α,β-unsaturated/α-hetero) is 1. The molecule has 0 amide bonds. The van der Waals surface area contributed by atoms with E-state index in [1.54, 1.807) is 0 Å². The zero-order valence-corrected chi connectivity index (χ0v) is 10.8. The lowest BCUT2D eigenvalue weighted by atomic mass is 9.99. The maximum atomic E-state index is 12.0. The Balaban J connectivity index is 1.93. The molecule has 17 heavy (non-hydrogen) atoms. The van der Waals surface area contributed by atoms with Crippen LogP contribution in [0.4, 0.5) is 0 Å². The molecular weight excluding hydrogens is 234 g/mol. The number of ketones is 1. The van der Waals surface area contributed by atoms with Crippen LogP contribution in [0.15, 0.2) is 17.5 Å². The third-order valence-electron chi connectivity index (χ3n) is 3.35. The molecule has 2 heterocycles. The highest BCUT2D eigenvalue weighted by atomic mass is 32.1. The topological polar surface area (TPSA) is 40.5 Å². The summed E-state index contributed by atoms with van der Waals surface area (Å²) < 4.78 is 0. The first-order valence-corrected chi connectivity index (χ1v) is 7.11. The number of nitrogens with zero attached hydrogens (tertiary/aromatic N) is 1. The number of hydrogen-bond acceptors (Lipinski definition) is 4. The predicted molar refractivity (Wildman–Crippen MR) is 69.6 cm³/mol. The molecule has 1 aliphatic heterocycles. The number of hydrogen-bond donors (Lipinski definition) is 1. The van der Waals surface area contributed by atoms with Gasteiger partial charge in [-0.25, -0.2) is 0 Å². The second-order valence-electron chi connectivity index (χ2n) is 4.53. The summed E-state index contributed by atoms with van der Waals surface area (Å²) in [5.74, 6) is 0.213. The highest BCUT2D eigenvalue weighted by Crippen LogP contribution is 2.20. The van der Waals surface area contributed by atoms with Crippen LogP contribution in [-0.4, -0.2) is 41.5 Å². The van der Waals surface area contributed by atoms with Gasteiger partial charge in [0.15, 0.2) is 5.78 Å². The van der Waals surface area contributed by atoms with Crippen LogP contribution in [-0.2, 0) is 0 Å². The summed E-state index contributed by atoms with van der Waals surface area (Å²) in [4.78, 5) is 15.1. The fourth-order valence-electron chi connectivity index (χ4n) is 2.44. The van der Waals surface area contributed by atoms with Gasteiger partial charge in [0.25, 0.3) is 0 Å². The normalized spacial score (nSPS) is 21.6. The van der Waals surface area contributed by atoms with Crippen molar-refractivity contribution in [1.29, 1.82) is 0 Å². The minimum Gasteiger partial charge on any atom is -0.396 e. The molecule has 1 unspecified atom stereocenters. The second-order valence-corrected chi connectivity index (χ2v) is 5.48. The van der Waals surface area contributed by atoms with Crippen molar-refractivity contribution in [2.75, 3.05) is 19.7 Å². The first-order valence-electron chi connectivity index (χ1n) is 6.23. The minimum atomic E-state index is 0.213. The lowest BCUT2D eigenvalue weighted by Gasteiger charge is -2.34.